The monoisotopic (exact) mass is 444 g/mol. The Labute approximate surface area is 200 Å². The van der Waals surface area contributed by atoms with Crippen molar-refractivity contribution in [1.82, 2.24) is 19.3 Å². The van der Waals surface area contributed by atoms with E-state index in [1.807, 2.05) is 36.7 Å². The summed E-state index contributed by atoms with van der Waals surface area (Å²) in [7, 11) is 0. The zero-order valence-electron chi connectivity index (χ0n) is 19.3. The van der Waals surface area contributed by atoms with E-state index >= 15 is 0 Å². The molecule has 1 saturated heterocycles. The summed E-state index contributed by atoms with van der Waals surface area (Å²) in [6.45, 7) is 3.51. The molecule has 2 aromatic carbocycles. The van der Waals surface area contributed by atoms with E-state index in [0.717, 1.165) is 34.7 Å². The number of likely N-dealkylation sites (tertiary alicyclic amines) is 1. The third-order valence-corrected chi connectivity index (χ3v) is 6.78. The molecule has 1 aliphatic heterocycles. The highest BCUT2D eigenvalue weighted by Gasteiger charge is 2.12. The first-order valence-corrected chi connectivity index (χ1v) is 12.1. The van der Waals surface area contributed by atoms with Gasteiger partial charge in [-0.05, 0) is 66.9 Å². The Morgan fingerprint density at radius 1 is 0.676 bits per heavy atom. The molecule has 1 fully saturated rings. The molecule has 0 aliphatic carbocycles. The number of benzene rings is 2. The smallest absolute Gasteiger partial charge is 0.137 e. The van der Waals surface area contributed by atoms with Crippen molar-refractivity contribution >= 4 is 5.65 Å². The Balaban J connectivity index is 1.26. The molecule has 34 heavy (non-hydrogen) atoms. The predicted molar refractivity (Wildman–Crippen MR) is 138 cm³/mol. The second kappa shape index (κ2) is 9.24. The molecule has 0 amide bonds. The second-order valence-corrected chi connectivity index (χ2v) is 9.12. The topological polar surface area (TPSA) is 33.4 Å². The minimum Gasteiger partial charge on any atom is -0.300 e. The first kappa shape index (κ1) is 20.8. The van der Waals surface area contributed by atoms with E-state index in [2.05, 4.69) is 75.1 Å². The lowest BCUT2D eigenvalue weighted by Gasteiger charge is -2.26. The largest absolute Gasteiger partial charge is 0.300 e. The van der Waals surface area contributed by atoms with Crippen LogP contribution in [-0.4, -0.2) is 32.4 Å². The molecule has 5 aromatic rings. The van der Waals surface area contributed by atoms with Crippen LogP contribution in [0.3, 0.4) is 0 Å². The van der Waals surface area contributed by atoms with Gasteiger partial charge in [-0.1, -0.05) is 61.0 Å². The van der Waals surface area contributed by atoms with Gasteiger partial charge in [0.2, 0.25) is 0 Å². The fourth-order valence-corrected chi connectivity index (χ4v) is 4.91. The molecule has 0 bridgehead atoms. The average Bonchev–Trinajstić information content (AvgIpc) is 3.34. The first-order valence-electron chi connectivity index (χ1n) is 12.1. The Bertz CT molecular complexity index is 1400. The van der Waals surface area contributed by atoms with E-state index in [-0.39, 0.29) is 0 Å². The quantitative estimate of drug-likeness (QED) is 0.302. The van der Waals surface area contributed by atoms with Crippen molar-refractivity contribution in [2.24, 2.45) is 0 Å². The van der Waals surface area contributed by atoms with E-state index in [4.69, 9.17) is 4.98 Å². The van der Waals surface area contributed by atoms with Crippen LogP contribution in [0, 0.1) is 0 Å². The van der Waals surface area contributed by atoms with E-state index in [9.17, 15) is 0 Å². The molecule has 168 valence electrons. The van der Waals surface area contributed by atoms with Crippen LogP contribution in [0.5, 0.6) is 0 Å². The van der Waals surface area contributed by atoms with Gasteiger partial charge in [0.15, 0.2) is 0 Å². The SMILES string of the molecule is c1ccc(-c2cc(-c3cnc4cc(-c5ccc(CN6CCCCC6)cc5)ccn34)ccn2)cc1. The van der Waals surface area contributed by atoms with Crippen molar-refractivity contribution in [3.8, 4) is 33.6 Å². The number of piperidine rings is 1. The summed E-state index contributed by atoms with van der Waals surface area (Å²) in [5.74, 6) is 0. The van der Waals surface area contributed by atoms with Crippen LogP contribution in [0.1, 0.15) is 24.8 Å². The van der Waals surface area contributed by atoms with Gasteiger partial charge in [0.25, 0.3) is 0 Å². The lowest BCUT2D eigenvalue weighted by atomic mass is 10.0. The zero-order chi connectivity index (χ0) is 22.7. The maximum atomic E-state index is 4.71. The summed E-state index contributed by atoms with van der Waals surface area (Å²) in [6, 6.07) is 27.8. The van der Waals surface area contributed by atoms with Crippen LogP contribution >= 0.6 is 0 Å². The lowest BCUT2D eigenvalue weighted by molar-refractivity contribution is 0.221. The van der Waals surface area contributed by atoms with Gasteiger partial charge >= 0.3 is 0 Å². The minimum atomic E-state index is 0.947. The van der Waals surface area contributed by atoms with Crippen LogP contribution in [-0.2, 0) is 6.54 Å². The summed E-state index contributed by atoms with van der Waals surface area (Å²) < 4.78 is 2.15. The van der Waals surface area contributed by atoms with Crippen LogP contribution < -0.4 is 0 Å². The van der Waals surface area contributed by atoms with E-state index in [1.165, 1.54) is 49.0 Å². The van der Waals surface area contributed by atoms with Gasteiger partial charge in [-0.3, -0.25) is 14.3 Å². The first-order chi connectivity index (χ1) is 16.8. The summed E-state index contributed by atoms with van der Waals surface area (Å²) in [4.78, 5) is 11.8. The highest BCUT2D eigenvalue weighted by Crippen LogP contribution is 2.28. The molecule has 0 atom stereocenters. The van der Waals surface area contributed by atoms with Gasteiger partial charge in [-0.25, -0.2) is 4.98 Å². The molecule has 3 aromatic heterocycles. The molecule has 1 aliphatic rings. The number of imidazole rings is 1. The van der Waals surface area contributed by atoms with Crippen molar-refractivity contribution < 1.29 is 0 Å². The van der Waals surface area contributed by atoms with E-state index in [1.54, 1.807) is 0 Å². The highest BCUT2D eigenvalue weighted by atomic mass is 15.1. The van der Waals surface area contributed by atoms with Crippen LogP contribution in [0.15, 0.2) is 97.5 Å². The fourth-order valence-electron chi connectivity index (χ4n) is 4.91. The maximum Gasteiger partial charge on any atom is 0.137 e. The van der Waals surface area contributed by atoms with Gasteiger partial charge in [0, 0.05) is 30.1 Å². The van der Waals surface area contributed by atoms with Crippen molar-refractivity contribution in [2.75, 3.05) is 13.1 Å². The number of pyridine rings is 2. The third-order valence-electron chi connectivity index (χ3n) is 6.78. The van der Waals surface area contributed by atoms with Crippen LogP contribution in [0.25, 0.3) is 39.3 Å². The Kier molecular flexibility index (Phi) is 5.66. The molecule has 4 heterocycles. The molecule has 0 spiro atoms. The molecule has 0 saturated carbocycles. The molecule has 0 radical (unpaired) electrons. The highest BCUT2D eigenvalue weighted by molar-refractivity contribution is 5.73. The molecule has 6 rings (SSSR count). The Hall–Kier alpha value is -3.76. The summed E-state index contributed by atoms with van der Waals surface area (Å²) in [6.07, 6.45) is 9.98. The average molecular weight is 445 g/mol. The molecule has 4 nitrogen and oxygen atoms in total. The van der Waals surface area contributed by atoms with E-state index in [0.29, 0.717) is 0 Å². The number of nitrogens with zero attached hydrogens (tertiary/aromatic N) is 4. The van der Waals surface area contributed by atoms with Crippen molar-refractivity contribution in [1.29, 1.82) is 0 Å². The molecule has 0 unspecified atom stereocenters. The molecule has 0 N–H and O–H groups in total. The van der Waals surface area contributed by atoms with Crippen molar-refractivity contribution in [2.45, 2.75) is 25.8 Å². The van der Waals surface area contributed by atoms with Crippen molar-refractivity contribution in [3.63, 3.8) is 0 Å². The molecule has 4 heteroatoms. The van der Waals surface area contributed by atoms with Crippen molar-refractivity contribution in [3.05, 3.63) is 103 Å². The predicted octanol–water partition coefficient (Wildman–Crippen LogP) is 6.72. The molecular formula is C30H28N4. The fraction of sp³-hybridized carbons (Fsp3) is 0.200. The van der Waals surface area contributed by atoms with Crippen LogP contribution in [0.4, 0.5) is 0 Å². The third kappa shape index (κ3) is 4.25. The Morgan fingerprint density at radius 2 is 1.50 bits per heavy atom. The van der Waals surface area contributed by atoms with Gasteiger partial charge in [-0.2, -0.15) is 0 Å². The maximum absolute atomic E-state index is 4.71. The zero-order valence-corrected chi connectivity index (χ0v) is 19.3. The summed E-state index contributed by atoms with van der Waals surface area (Å²) in [5, 5.41) is 0. The summed E-state index contributed by atoms with van der Waals surface area (Å²) >= 11 is 0. The minimum absolute atomic E-state index is 0.947. The van der Waals surface area contributed by atoms with Gasteiger partial charge in [-0.15, -0.1) is 0 Å². The van der Waals surface area contributed by atoms with Gasteiger partial charge in [0.05, 0.1) is 17.6 Å². The van der Waals surface area contributed by atoms with E-state index < -0.39 is 0 Å². The normalized spacial score (nSPS) is 14.5. The number of hydrogen-bond acceptors (Lipinski definition) is 3. The molecular weight excluding hydrogens is 416 g/mol. The van der Waals surface area contributed by atoms with Crippen LogP contribution in [0.2, 0.25) is 0 Å². The standard InChI is InChI=1S/C30H28N4/c1-3-7-25(8-4-1)28-19-27(13-15-31-28)29-21-32-30-20-26(14-18-34(29)30)24-11-9-23(10-12-24)22-33-16-5-2-6-17-33/h1,3-4,7-15,18-21H,2,5-6,16-17,22H2. The second-order valence-electron chi connectivity index (χ2n) is 9.12. The number of rotatable bonds is 5. The van der Waals surface area contributed by atoms with Gasteiger partial charge in [0.1, 0.15) is 5.65 Å². The summed E-state index contributed by atoms with van der Waals surface area (Å²) in [5.41, 5.74) is 9.01. The number of fused-ring (bicyclic) bond motifs is 1. The lowest BCUT2D eigenvalue weighted by Crippen LogP contribution is -2.28. The number of hydrogen-bond donors (Lipinski definition) is 0. The number of aromatic nitrogens is 3. The van der Waals surface area contributed by atoms with Gasteiger partial charge < -0.3 is 0 Å². The Morgan fingerprint density at radius 3 is 2.32 bits per heavy atom.